The molecule has 0 aliphatic heterocycles. The number of thiazole rings is 1. The molecular weight excluding hydrogens is 421 g/mol. The Morgan fingerprint density at radius 3 is 2.73 bits per heavy atom. The number of carbonyl (C=O) groups is 1. The minimum Gasteiger partial charge on any atom is -0.348 e. The normalized spacial score (nSPS) is 11.3. The minimum absolute atomic E-state index is 0.200. The predicted octanol–water partition coefficient (Wildman–Crippen LogP) is 5.94. The molecule has 5 rings (SSSR count). The molecule has 1 N–H and O–H groups in total. The molecule has 2 aromatic heterocycles. The Balaban J connectivity index is 1.40. The van der Waals surface area contributed by atoms with Gasteiger partial charge in [0.05, 0.1) is 15.9 Å². The van der Waals surface area contributed by atoms with Gasteiger partial charge in [-0.1, -0.05) is 47.2 Å². The van der Waals surface area contributed by atoms with Crippen LogP contribution in [-0.4, -0.2) is 15.3 Å². The fraction of sp³-hybridized carbons (Fsp3) is 0.0435. The van der Waals surface area contributed by atoms with Gasteiger partial charge in [-0.2, -0.15) is 0 Å². The average molecular weight is 436 g/mol. The lowest BCUT2D eigenvalue weighted by Crippen LogP contribution is -2.22. The maximum absolute atomic E-state index is 13.3. The van der Waals surface area contributed by atoms with Gasteiger partial charge in [0.15, 0.2) is 4.96 Å². The summed E-state index contributed by atoms with van der Waals surface area (Å²) < 4.78 is 16.3. The third kappa shape index (κ3) is 3.56. The molecule has 0 saturated heterocycles. The largest absolute Gasteiger partial charge is 0.348 e. The van der Waals surface area contributed by atoms with E-state index in [0.29, 0.717) is 16.1 Å². The smallest absolute Gasteiger partial charge is 0.251 e. The monoisotopic (exact) mass is 435 g/mol. The number of nitrogens with zero attached hydrogens (tertiary/aromatic N) is 2. The van der Waals surface area contributed by atoms with Crippen LogP contribution in [0.3, 0.4) is 0 Å². The highest BCUT2D eigenvalue weighted by Crippen LogP contribution is 2.30. The van der Waals surface area contributed by atoms with Gasteiger partial charge >= 0.3 is 0 Å². The Morgan fingerprint density at radius 2 is 1.93 bits per heavy atom. The van der Waals surface area contributed by atoms with E-state index in [2.05, 4.69) is 5.32 Å². The van der Waals surface area contributed by atoms with Crippen molar-refractivity contribution in [1.29, 1.82) is 0 Å². The van der Waals surface area contributed by atoms with Crippen molar-refractivity contribution in [1.82, 2.24) is 14.7 Å². The van der Waals surface area contributed by atoms with E-state index in [4.69, 9.17) is 16.6 Å². The quantitative estimate of drug-likeness (QED) is 0.380. The molecule has 0 fully saturated rings. The summed E-state index contributed by atoms with van der Waals surface area (Å²) in [6.45, 7) is 0.271. The van der Waals surface area contributed by atoms with Crippen LogP contribution >= 0.6 is 22.9 Å². The lowest BCUT2D eigenvalue weighted by atomic mass is 10.1. The molecule has 2 heterocycles. The summed E-state index contributed by atoms with van der Waals surface area (Å²) in [5.41, 5.74) is 4.13. The van der Waals surface area contributed by atoms with E-state index in [0.717, 1.165) is 26.4 Å². The van der Waals surface area contributed by atoms with Gasteiger partial charge in [0.1, 0.15) is 5.82 Å². The molecule has 30 heavy (non-hydrogen) atoms. The van der Waals surface area contributed by atoms with Crippen LogP contribution in [0.1, 0.15) is 15.9 Å². The number of imidazole rings is 1. The van der Waals surface area contributed by atoms with E-state index >= 15 is 0 Å². The Bertz CT molecular complexity index is 1390. The summed E-state index contributed by atoms with van der Waals surface area (Å²) in [5.74, 6) is -0.517. The number of carbonyl (C=O) groups excluding carboxylic acids is 1. The molecule has 7 heteroatoms. The minimum atomic E-state index is -0.317. The van der Waals surface area contributed by atoms with Crippen LogP contribution in [0.25, 0.3) is 26.4 Å². The van der Waals surface area contributed by atoms with Crippen LogP contribution in [-0.2, 0) is 6.54 Å². The molecule has 0 aliphatic carbocycles. The van der Waals surface area contributed by atoms with Gasteiger partial charge < -0.3 is 5.32 Å². The highest BCUT2D eigenvalue weighted by molar-refractivity contribution is 7.23. The SMILES string of the molecule is O=C(NCc1cccc(F)c1)c1ccc2c(c1)sc1nc(-c3ccc(Cl)cc3)cn12. The van der Waals surface area contributed by atoms with E-state index in [9.17, 15) is 9.18 Å². The van der Waals surface area contributed by atoms with Crippen LogP contribution < -0.4 is 5.32 Å². The predicted molar refractivity (Wildman–Crippen MR) is 119 cm³/mol. The van der Waals surface area contributed by atoms with Crippen LogP contribution in [0.4, 0.5) is 4.39 Å². The van der Waals surface area contributed by atoms with E-state index < -0.39 is 0 Å². The number of hydrogen-bond acceptors (Lipinski definition) is 3. The molecule has 148 valence electrons. The Morgan fingerprint density at radius 1 is 1.10 bits per heavy atom. The zero-order valence-electron chi connectivity index (χ0n) is 15.6. The topological polar surface area (TPSA) is 46.4 Å². The number of nitrogens with one attached hydrogen (secondary N) is 1. The third-order valence-corrected chi connectivity index (χ3v) is 6.11. The van der Waals surface area contributed by atoms with Crippen molar-refractivity contribution >= 4 is 44.0 Å². The number of aromatic nitrogens is 2. The first-order chi connectivity index (χ1) is 14.6. The first-order valence-corrected chi connectivity index (χ1v) is 10.5. The first-order valence-electron chi connectivity index (χ1n) is 9.27. The molecule has 0 spiro atoms. The van der Waals surface area contributed by atoms with Gasteiger partial charge in [0.25, 0.3) is 5.91 Å². The van der Waals surface area contributed by atoms with Crippen LogP contribution in [0.15, 0.2) is 72.9 Å². The molecule has 1 amide bonds. The first kappa shape index (κ1) is 18.8. The summed E-state index contributed by atoms with van der Waals surface area (Å²) in [7, 11) is 0. The maximum atomic E-state index is 13.3. The number of halogens is 2. The third-order valence-electron chi connectivity index (χ3n) is 4.84. The Labute approximate surface area is 180 Å². The van der Waals surface area contributed by atoms with Gasteiger partial charge in [-0.05, 0) is 48.0 Å². The van der Waals surface area contributed by atoms with E-state index in [1.807, 2.05) is 47.0 Å². The fourth-order valence-corrected chi connectivity index (χ4v) is 4.51. The summed E-state index contributed by atoms with van der Waals surface area (Å²) in [6.07, 6.45) is 1.99. The van der Waals surface area contributed by atoms with Gasteiger partial charge in [0.2, 0.25) is 0 Å². The second-order valence-corrected chi connectivity index (χ2v) is 8.33. The van der Waals surface area contributed by atoms with Crippen molar-refractivity contribution in [3.05, 3.63) is 94.9 Å². The van der Waals surface area contributed by atoms with Crippen LogP contribution in [0, 0.1) is 5.82 Å². The average Bonchev–Trinajstić information content (AvgIpc) is 3.30. The van der Waals surface area contributed by atoms with Crippen molar-refractivity contribution in [2.24, 2.45) is 0 Å². The number of rotatable bonds is 4. The number of amides is 1. The molecule has 4 nitrogen and oxygen atoms in total. The Hall–Kier alpha value is -3.22. The molecule has 0 unspecified atom stereocenters. The fourth-order valence-electron chi connectivity index (χ4n) is 3.33. The zero-order chi connectivity index (χ0) is 20.7. The van der Waals surface area contributed by atoms with Crippen LogP contribution in [0.2, 0.25) is 5.02 Å². The van der Waals surface area contributed by atoms with Crippen molar-refractivity contribution in [2.75, 3.05) is 0 Å². The van der Waals surface area contributed by atoms with Crippen molar-refractivity contribution in [2.45, 2.75) is 6.54 Å². The Kier molecular flexibility index (Phi) is 4.73. The van der Waals surface area contributed by atoms with Crippen molar-refractivity contribution in [3.63, 3.8) is 0 Å². The number of hydrogen-bond donors (Lipinski definition) is 1. The second kappa shape index (κ2) is 7.55. The van der Waals surface area contributed by atoms with Gasteiger partial charge in [-0.15, -0.1) is 0 Å². The van der Waals surface area contributed by atoms with E-state index in [1.165, 1.54) is 23.5 Å². The lowest BCUT2D eigenvalue weighted by Gasteiger charge is -2.06. The summed E-state index contributed by atoms with van der Waals surface area (Å²) in [4.78, 5) is 18.1. The van der Waals surface area contributed by atoms with Gasteiger partial charge in [0, 0.05) is 28.9 Å². The maximum Gasteiger partial charge on any atom is 0.251 e. The summed E-state index contributed by atoms with van der Waals surface area (Å²) in [6, 6.07) is 19.3. The van der Waals surface area contributed by atoms with Gasteiger partial charge in [-0.25, -0.2) is 9.37 Å². The highest BCUT2D eigenvalue weighted by Gasteiger charge is 2.13. The van der Waals surface area contributed by atoms with Crippen molar-refractivity contribution in [3.8, 4) is 11.3 Å². The molecular formula is C23H15ClFN3OS. The zero-order valence-corrected chi connectivity index (χ0v) is 17.2. The molecule has 0 radical (unpaired) electrons. The molecule has 5 aromatic rings. The van der Waals surface area contributed by atoms with E-state index in [-0.39, 0.29) is 18.3 Å². The van der Waals surface area contributed by atoms with Crippen LogP contribution in [0.5, 0.6) is 0 Å². The van der Waals surface area contributed by atoms with E-state index in [1.54, 1.807) is 18.2 Å². The molecule has 0 bridgehead atoms. The molecule has 3 aromatic carbocycles. The van der Waals surface area contributed by atoms with Crippen molar-refractivity contribution < 1.29 is 9.18 Å². The number of benzene rings is 3. The summed E-state index contributed by atoms with van der Waals surface area (Å²) in [5, 5.41) is 3.52. The molecule has 0 saturated carbocycles. The number of fused-ring (bicyclic) bond motifs is 3. The molecule has 0 aliphatic rings. The van der Waals surface area contributed by atoms with Gasteiger partial charge in [-0.3, -0.25) is 9.20 Å². The standard InChI is InChI=1S/C23H15ClFN3OS/c24-17-7-4-15(5-8-17)19-13-28-20-9-6-16(11-21(20)30-23(28)27-19)22(29)26-12-14-2-1-3-18(25)10-14/h1-11,13H,12H2,(H,26,29). The lowest BCUT2D eigenvalue weighted by molar-refractivity contribution is 0.0951. The molecule has 0 atom stereocenters. The summed E-state index contributed by atoms with van der Waals surface area (Å²) >= 11 is 7.49. The highest BCUT2D eigenvalue weighted by atomic mass is 35.5. The second-order valence-electron chi connectivity index (χ2n) is 6.88.